The molecule has 25 heavy (non-hydrogen) atoms. The molecule has 0 aromatic heterocycles. The summed E-state index contributed by atoms with van der Waals surface area (Å²) in [7, 11) is 0. The Morgan fingerprint density at radius 2 is 2.04 bits per heavy atom. The summed E-state index contributed by atoms with van der Waals surface area (Å²) in [6.45, 7) is 4.82. The Morgan fingerprint density at radius 1 is 1.28 bits per heavy atom. The largest absolute Gasteiger partial charge is 0.372 e. The minimum Gasteiger partial charge on any atom is -0.372 e. The molecule has 2 amide bonds. The smallest absolute Gasteiger partial charge is 0.262 e. The van der Waals surface area contributed by atoms with Crippen molar-refractivity contribution in [3.63, 3.8) is 0 Å². The van der Waals surface area contributed by atoms with Crippen molar-refractivity contribution in [2.45, 2.75) is 31.2 Å². The molecule has 0 radical (unpaired) electrons. The Morgan fingerprint density at radius 3 is 2.76 bits per heavy atom. The van der Waals surface area contributed by atoms with E-state index < -0.39 is 11.6 Å². The minimum absolute atomic E-state index is 0.0391. The van der Waals surface area contributed by atoms with E-state index in [1.54, 1.807) is 0 Å². The van der Waals surface area contributed by atoms with Crippen LogP contribution >= 0.6 is 0 Å². The summed E-state index contributed by atoms with van der Waals surface area (Å²) in [6.07, 6.45) is 1.81. The molecule has 6 heteroatoms. The van der Waals surface area contributed by atoms with Crippen LogP contribution in [0.4, 0.5) is 4.39 Å². The normalized spacial score (nSPS) is 26.0. The quantitative estimate of drug-likeness (QED) is 0.766. The van der Waals surface area contributed by atoms with Gasteiger partial charge in [0.2, 0.25) is 11.6 Å². The van der Waals surface area contributed by atoms with Gasteiger partial charge in [-0.2, -0.15) is 0 Å². The molecule has 2 aliphatic heterocycles. The fourth-order valence-electron chi connectivity index (χ4n) is 3.38. The van der Waals surface area contributed by atoms with E-state index in [-0.39, 0.29) is 31.5 Å². The van der Waals surface area contributed by atoms with Gasteiger partial charge >= 0.3 is 0 Å². The van der Waals surface area contributed by atoms with E-state index in [4.69, 9.17) is 4.74 Å². The second-order valence-electron chi connectivity index (χ2n) is 6.64. The maximum absolute atomic E-state index is 15.0. The molecule has 1 aromatic carbocycles. The third kappa shape index (κ3) is 3.90. The zero-order chi connectivity index (χ0) is 17.9. The van der Waals surface area contributed by atoms with Crippen LogP contribution < -0.4 is 0 Å². The summed E-state index contributed by atoms with van der Waals surface area (Å²) in [4.78, 5) is 27.1. The van der Waals surface area contributed by atoms with E-state index in [9.17, 15) is 9.59 Å². The summed E-state index contributed by atoms with van der Waals surface area (Å²) in [5.74, 6) is -0.865. The Hall–Kier alpha value is -2.21. The first-order valence-electron chi connectivity index (χ1n) is 8.57. The number of benzene rings is 1. The van der Waals surface area contributed by atoms with Crippen LogP contribution in [0.5, 0.6) is 0 Å². The Balaban J connectivity index is 1.52. The number of hydrogen-bond donors (Lipinski definition) is 0. The van der Waals surface area contributed by atoms with Crippen molar-refractivity contribution in [2.75, 3.05) is 26.2 Å². The Labute approximate surface area is 147 Å². The molecule has 0 saturated carbocycles. The molecule has 2 aliphatic rings. The van der Waals surface area contributed by atoms with Crippen molar-refractivity contribution in [2.24, 2.45) is 0 Å². The van der Waals surface area contributed by atoms with Gasteiger partial charge in [-0.05, 0) is 18.1 Å². The van der Waals surface area contributed by atoms with Gasteiger partial charge in [-0.15, -0.1) is 0 Å². The molecule has 2 saturated heterocycles. The summed E-state index contributed by atoms with van der Waals surface area (Å²) < 4.78 is 20.9. The fourth-order valence-corrected chi connectivity index (χ4v) is 3.38. The van der Waals surface area contributed by atoms with Crippen LogP contribution in [0.25, 0.3) is 0 Å². The number of nitrogens with zero attached hydrogens (tertiary/aromatic N) is 2. The van der Waals surface area contributed by atoms with Gasteiger partial charge in [0.15, 0.2) is 0 Å². The van der Waals surface area contributed by atoms with Crippen molar-refractivity contribution >= 4 is 11.8 Å². The van der Waals surface area contributed by atoms with Crippen LogP contribution in [0, 0.1) is 0 Å². The van der Waals surface area contributed by atoms with E-state index in [1.807, 2.05) is 30.3 Å². The second-order valence-corrected chi connectivity index (χ2v) is 6.64. The fraction of sp³-hybridized carbons (Fsp3) is 0.474. The second kappa shape index (κ2) is 7.35. The third-order valence-electron chi connectivity index (χ3n) is 4.85. The van der Waals surface area contributed by atoms with Gasteiger partial charge in [-0.1, -0.05) is 36.9 Å². The van der Waals surface area contributed by atoms with Crippen LogP contribution in [-0.2, 0) is 20.9 Å². The zero-order valence-corrected chi connectivity index (χ0v) is 14.2. The molecule has 5 nitrogen and oxygen atoms in total. The first-order chi connectivity index (χ1) is 12.0. The topological polar surface area (TPSA) is 49.9 Å². The lowest BCUT2D eigenvalue weighted by Gasteiger charge is -2.25. The summed E-state index contributed by atoms with van der Waals surface area (Å²) in [5, 5.41) is 0. The molecule has 0 N–H and O–H groups in total. The number of rotatable bonds is 5. The highest BCUT2D eigenvalue weighted by molar-refractivity contribution is 5.91. The third-order valence-corrected chi connectivity index (χ3v) is 4.85. The predicted octanol–water partition coefficient (Wildman–Crippen LogP) is 1.93. The molecule has 1 unspecified atom stereocenters. The number of alkyl halides is 1. The first-order valence-corrected chi connectivity index (χ1v) is 8.57. The van der Waals surface area contributed by atoms with Crippen molar-refractivity contribution < 1.29 is 18.7 Å². The highest BCUT2D eigenvalue weighted by atomic mass is 19.1. The van der Waals surface area contributed by atoms with Crippen LogP contribution in [0.1, 0.15) is 18.4 Å². The monoisotopic (exact) mass is 346 g/mol. The lowest BCUT2D eigenvalue weighted by Crippen LogP contribution is -2.47. The van der Waals surface area contributed by atoms with E-state index in [1.165, 1.54) is 9.80 Å². The Kier molecular flexibility index (Phi) is 5.18. The lowest BCUT2D eigenvalue weighted by molar-refractivity contribution is -0.143. The molecule has 1 aromatic rings. The number of amides is 2. The van der Waals surface area contributed by atoms with Gasteiger partial charge in [0, 0.05) is 26.1 Å². The van der Waals surface area contributed by atoms with Crippen molar-refractivity contribution in [3.8, 4) is 0 Å². The number of hydrogen-bond acceptors (Lipinski definition) is 3. The maximum atomic E-state index is 15.0. The van der Waals surface area contributed by atoms with Crippen molar-refractivity contribution in [3.05, 3.63) is 48.6 Å². The summed E-state index contributed by atoms with van der Waals surface area (Å²) >= 11 is 0. The van der Waals surface area contributed by atoms with E-state index in [2.05, 4.69) is 6.58 Å². The Bertz CT molecular complexity index is 651. The number of likely N-dealkylation sites (tertiary alicyclic amines) is 2. The summed E-state index contributed by atoms with van der Waals surface area (Å²) in [5.41, 5.74) is -0.920. The molecule has 3 rings (SSSR count). The SMILES string of the molecule is C=CC(=O)N1CCC(F)(C(=O)N2CC[C@H](OCc3ccccc3)C2)C1. The van der Waals surface area contributed by atoms with Crippen LogP contribution in [0.2, 0.25) is 0 Å². The maximum Gasteiger partial charge on any atom is 0.262 e. The molecular weight excluding hydrogens is 323 g/mol. The molecule has 0 bridgehead atoms. The number of carbonyl (C=O) groups excluding carboxylic acids is 2. The van der Waals surface area contributed by atoms with Crippen molar-refractivity contribution in [1.82, 2.24) is 9.80 Å². The van der Waals surface area contributed by atoms with Gasteiger partial charge in [-0.25, -0.2) is 4.39 Å². The molecule has 2 fully saturated rings. The number of halogens is 1. The average molecular weight is 346 g/mol. The van der Waals surface area contributed by atoms with Crippen LogP contribution in [0.3, 0.4) is 0 Å². The van der Waals surface area contributed by atoms with Gasteiger partial charge in [-0.3, -0.25) is 9.59 Å². The zero-order valence-electron chi connectivity index (χ0n) is 14.2. The van der Waals surface area contributed by atoms with E-state index >= 15 is 4.39 Å². The van der Waals surface area contributed by atoms with E-state index in [0.29, 0.717) is 26.1 Å². The highest BCUT2D eigenvalue weighted by Crippen LogP contribution is 2.30. The molecule has 0 aliphatic carbocycles. The van der Waals surface area contributed by atoms with E-state index in [0.717, 1.165) is 11.6 Å². The van der Waals surface area contributed by atoms with Crippen LogP contribution in [0.15, 0.2) is 43.0 Å². The number of carbonyl (C=O) groups is 2. The van der Waals surface area contributed by atoms with Gasteiger partial charge in [0.05, 0.1) is 19.3 Å². The minimum atomic E-state index is -1.99. The molecule has 0 spiro atoms. The highest BCUT2D eigenvalue weighted by Gasteiger charge is 2.49. The molecular formula is C19H23FN2O3. The molecule has 134 valence electrons. The van der Waals surface area contributed by atoms with Crippen molar-refractivity contribution in [1.29, 1.82) is 0 Å². The average Bonchev–Trinajstić information content (AvgIpc) is 3.27. The van der Waals surface area contributed by atoms with Gasteiger partial charge in [0.25, 0.3) is 5.91 Å². The number of ether oxygens (including phenoxy) is 1. The molecule has 2 heterocycles. The van der Waals surface area contributed by atoms with Crippen LogP contribution in [-0.4, -0.2) is 59.6 Å². The molecule has 2 atom stereocenters. The lowest BCUT2D eigenvalue weighted by atomic mass is 10.0. The van der Waals surface area contributed by atoms with Gasteiger partial charge in [0.1, 0.15) is 0 Å². The van der Waals surface area contributed by atoms with Gasteiger partial charge < -0.3 is 14.5 Å². The summed E-state index contributed by atoms with van der Waals surface area (Å²) in [6, 6.07) is 9.82. The first kappa shape index (κ1) is 17.6. The predicted molar refractivity (Wildman–Crippen MR) is 91.4 cm³/mol. The standard InChI is InChI=1S/C19H23FN2O3/c1-2-17(23)22-11-9-19(20,14-22)18(24)21-10-8-16(12-21)25-13-15-6-4-3-5-7-15/h2-7,16H,1,8-14H2/t16-,19?/m0/s1.